The van der Waals surface area contributed by atoms with E-state index in [0.29, 0.717) is 0 Å². The molecule has 0 aromatic carbocycles. The van der Waals surface area contributed by atoms with Crippen molar-refractivity contribution in [2.45, 2.75) is 12.8 Å². The van der Waals surface area contributed by atoms with Crippen molar-refractivity contribution in [3.63, 3.8) is 0 Å². The SMILES string of the molecule is O=[SH](=O)NC1=CC=CCC1. The molecule has 1 N–H and O–H groups in total. The predicted octanol–water partition coefficient (Wildman–Crippen LogP) is 0.336. The fourth-order valence-electron chi connectivity index (χ4n) is 0.813. The zero-order valence-corrected chi connectivity index (χ0v) is 6.30. The molecule has 56 valence electrons. The Hall–Kier alpha value is -0.770. The maximum atomic E-state index is 10.1. The summed E-state index contributed by atoms with van der Waals surface area (Å²) in [6.07, 6.45) is 7.34. The minimum Gasteiger partial charge on any atom is -0.290 e. The molecule has 0 atom stereocenters. The molecule has 0 saturated heterocycles. The van der Waals surface area contributed by atoms with Crippen LogP contribution in [0.3, 0.4) is 0 Å². The molecule has 0 radical (unpaired) electrons. The third kappa shape index (κ3) is 2.23. The van der Waals surface area contributed by atoms with Crippen LogP contribution in [0.4, 0.5) is 0 Å². The first-order valence-corrected chi connectivity index (χ1v) is 4.23. The molecule has 4 heteroatoms. The van der Waals surface area contributed by atoms with E-state index in [4.69, 9.17) is 0 Å². The molecule has 0 saturated carbocycles. The van der Waals surface area contributed by atoms with Crippen LogP contribution < -0.4 is 4.72 Å². The highest BCUT2D eigenvalue weighted by Crippen LogP contribution is 2.07. The third-order valence-corrected chi connectivity index (χ3v) is 1.72. The van der Waals surface area contributed by atoms with Crippen molar-refractivity contribution in [1.82, 2.24) is 4.72 Å². The van der Waals surface area contributed by atoms with Crippen LogP contribution in [0.25, 0.3) is 0 Å². The fraction of sp³-hybridized carbons (Fsp3) is 0.333. The highest BCUT2D eigenvalue weighted by Gasteiger charge is 1.97. The second kappa shape index (κ2) is 3.41. The highest BCUT2D eigenvalue weighted by atomic mass is 32.2. The smallest absolute Gasteiger partial charge is 0.222 e. The van der Waals surface area contributed by atoms with Crippen LogP contribution >= 0.6 is 0 Å². The molecule has 0 unspecified atom stereocenters. The Balaban J connectivity index is 2.55. The van der Waals surface area contributed by atoms with Gasteiger partial charge < -0.3 is 0 Å². The summed E-state index contributed by atoms with van der Waals surface area (Å²) in [5, 5.41) is 0. The fourth-order valence-corrected chi connectivity index (χ4v) is 1.23. The molecule has 0 aromatic heterocycles. The maximum absolute atomic E-state index is 10.1. The summed E-state index contributed by atoms with van der Waals surface area (Å²) in [6, 6.07) is 0. The molecule has 0 aromatic rings. The van der Waals surface area contributed by atoms with Gasteiger partial charge in [-0.25, -0.2) is 8.42 Å². The molecule has 0 heterocycles. The molecule has 1 aliphatic rings. The monoisotopic (exact) mass is 159 g/mol. The van der Waals surface area contributed by atoms with Crippen molar-refractivity contribution in [3.05, 3.63) is 23.9 Å². The molecule has 0 bridgehead atoms. The summed E-state index contributed by atoms with van der Waals surface area (Å²) < 4.78 is 22.6. The largest absolute Gasteiger partial charge is 0.290 e. The van der Waals surface area contributed by atoms with Gasteiger partial charge in [-0.05, 0) is 18.9 Å². The van der Waals surface area contributed by atoms with E-state index in [1.54, 1.807) is 6.08 Å². The number of hydrogen-bond acceptors (Lipinski definition) is 2. The molecule has 0 amide bonds. The Bertz CT molecular complexity index is 232. The number of allylic oxidation sites excluding steroid dienone is 4. The average molecular weight is 159 g/mol. The lowest BCUT2D eigenvalue weighted by Crippen LogP contribution is -2.11. The molecule has 0 aliphatic heterocycles. The first-order valence-electron chi connectivity index (χ1n) is 3.06. The van der Waals surface area contributed by atoms with Crippen molar-refractivity contribution >= 4 is 10.9 Å². The second-order valence-electron chi connectivity index (χ2n) is 2.03. The van der Waals surface area contributed by atoms with E-state index >= 15 is 0 Å². The molecule has 0 fully saturated rings. The van der Waals surface area contributed by atoms with Crippen LogP contribution in [0.15, 0.2) is 23.9 Å². The molecule has 3 nitrogen and oxygen atoms in total. The van der Waals surface area contributed by atoms with E-state index < -0.39 is 10.9 Å². The van der Waals surface area contributed by atoms with E-state index in [1.165, 1.54) is 0 Å². The van der Waals surface area contributed by atoms with Crippen molar-refractivity contribution in [1.29, 1.82) is 0 Å². The van der Waals surface area contributed by atoms with E-state index in [1.807, 2.05) is 12.2 Å². The van der Waals surface area contributed by atoms with Crippen LogP contribution in [0.1, 0.15) is 12.8 Å². The molecule has 1 aliphatic carbocycles. The lowest BCUT2D eigenvalue weighted by Gasteiger charge is -2.05. The summed E-state index contributed by atoms with van der Waals surface area (Å²) >= 11 is 0. The number of rotatable bonds is 2. The first kappa shape index (κ1) is 7.34. The average Bonchev–Trinajstić information content (AvgIpc) is 1.88. The van der Waals surface area contributed by atoms with Crippen molar-refractivity contribution in [2.75, 3.05) is 0 Å². The summed E-state index contributed by atoms with van der Waals surface area (Å²) in [6.45, 7) is 0. The standard InChI is InChI=1S/C6H9NO2S/c8-10(9)7-6-4-2-1-3-5-6/h1-2,4,10H,3,5H2,(H,7,8,9). The van der Waals surface area contributed by atoms with Gasteiger partial charge in [-0.15, -0.1) is 0 Å². The lowest BCUT2D eigenvalue weighted by atomic mass is 10.1. The van der Waals surface area contributed by atoms with Crippen LogP contribution in [-0.2, 0) is 10.9 Å². The zero-order chi connectivity index (χ0) is 7.40. The Labute approximate surface area is 61.5 Å². The first-order chi connectivity index (χ1) is 4.79. The van der Waals surface area contributed by atoms with Gasteiger partial charge in [-0.1, -0.05) is 12.2 Å². The topological polar surface area (TPSA) is 46.2 Å². The van der Waals surface area contributed by atoms with Gasteiger partial charge in [-0.3, -0.25) is 4.72 Å². The molecular weight excluding hydrogens is 150 g/mol. The maximum Gasteiger partial charge on any atom is 0.222 e. The van der Waals surface area contributed by atoms with Gasteiger partial charge in [0, 0.05) is 5.70 Å². The van der Waals surface area contributed by atoms with Crippen LogP contribution in [0, 0.1) is 0 Å². The Morgan fingerprint density at radius 1 is 1.50 bits per heavy atom. The second-order valence-corrected chi connectivity index (χ2v) is 2.77. The summed E-state index contributed by atoms with van der Waals surface area (Å²) in [5.41, 5.74) is 0.776. The quantitative estimate of drug-likeness (QED) is 0.570. The minimum atomic E-state index is -2.48. The van der Waals surface area contributed by atoms with Crippen LogP contribution in [0.5, 0.6) is 0 Å². The lowest BCUT2D eigenvalue weighted by molar-refractivity contribution is 0.606. The van der Waals surface area contributed by atoms with Gasteiger partial charge in [0.2, 0.25) is 10.9 Å². The van der Waals surface area contributed by atoms with E-state index in [9.17, 15) is 8.42 Å². The Morgan fingerprint density at radius 2 is 2.30 bits per heavy atom. The van der Waals surface area contributed by atoms with Gasteiger partial charge in [0.15, 0.2) is 0 Å². The van der Waals surface area contributed by atoms with Gasteiger partial charge in [-0.2, -0.15) is 0 Å². The summed E-state index contributed by atoms with van der Waals surface area (Å²) in [5.74, 6) is 0. The van der Waals surface area contributed by atoms with Gasteiger partial charge >= 0.3 is 0 Å². The van der Waals surface area contributed by atoms with Gasteiger partial charge in [0.1, 0.15) is 0 Å². The Kier molecular flexibility index (Phi) is 2.50. The molecule has 1 rings (SSSR count). The van der Waals surface area contributed by atoms with Crippen molar-refractivity contribution in [3.8, 4) is 0 Å². The molecule has 10 heavy (non-hydrogen) atoms. The van der Waals surface area contributed by atoms with Gasteiger partial charge in [0.25, 0.3) is 0 Å². The Morgan fingerprint density at radius 3 is 2.80 bits per heavy atom. The van der Waals surface area contributed by atoms with Gasteiger partial charge in [0.05, 0.1) is 0 Å². The van der Waals surface area contributed by atoms with Crippen LogP contribution in [-0.4, -0.2) is 8.42 Å². The molecular formula is C6H9NO2S. The number of thiol groups is 1. The van der Waals surface area contributed by atoms with Crippen molar-refractivity contribution < 1.29 is 8.42 Å². The van der Waals surface area contributed by atoms with E-state index in [0.717, 1.165) is 18.5 Å². The number of nitrogens with one attached hydrogen (secondary N) is 1. The zero-order valence-electron chi connectivity index (χ0n) is 5.41. The third-order valence-electron chi connectivity index (χ3n) is 1.25. The minimum absolute atomic E-state index is 0.776. The summed E-state index contributed by atoms with van der Waals surface area (Å²) in [4.78, 5) is 0. The highest BCUT2D eigenvalue weighted by molar-refractivity contribution is 7.70. The predicted molar refractivity (Wildman–Crippen MR) is 39.9 cm³/mol. The van der Waals surface area contributed by atoms with Crippen molar-refractivity contribution in [2.24, 2.45) is 0 Å². The molecule has 0 spiro atoms. The van der Waals surface area contributed by atoms with E-state index in [-0.39, 0.29) is 0 Å². The van der Waals surface area contributed by atoms with Crippen LogP contribution in [0.2, 0.25) is 0 Å². The normalized spacial score (nSPS) is 17.1. The number of hydrogen-bond donors (Lipinski definition) is 2. The van der Waals surface area contributed by atoms with E-state index in [2.05, 4.69) is 4.72 Å². The summed E-state index contributed by atoms with van der Waals surface area (Å²) in [7, 11) is -2.48.